The van der Waals surface area contributed by atoms with Gasteiger partial charge in [-0.2, -0.15) is 0 Å². The van der Waals surface area contributed by atoms with Gasteiger partial charge in [0.25, 0.3) is 0 Å². The van der Waals surface area contributed by atoms with Crippen LogP contribution < -0.4 is 14.9 Å². The second-order valence-corrected chi connectivity index (χ2v) is 9.73. The number of furan rings is 1. The fourth-order valence-electron chi connectivity index (χ4n) is 4.03. The maximum Gasteiger partial charge on any atom is 0.229 e. The minimum Gasteiger partial charge on any atom is -0.448 e. The highest BCUT2D eigenvalue weighted by Gasteiger charge is 2.33. The van der Waals surface area contributed by atoms with Crippen LogP contribution in [0.15, 0.2) is 89.5 Å². The molecule has 2 heterocycles. The predicted octanol–water partition coefficient (Wildman–Crippen LogP) is 5.41. The van der Waals surface area contributed by atoms with E-state index < -0.39 is 16.2 Å². The first-order valence-corrected chi connectivity index (χ1v) is 12.3. The van der Waals surface area contributed by atoms with Crippen LogP contribution in [-0.2, 0) is 10.0 Å². The van der Waals surface area contributed by atoms with Gasteiger partial charge in [0.1, 0.15) is 17.8 Å². The molecule has 9 heteroatoms. The number of rotatable bonds is 5. The van der Waals surface area contributed by atoms with E-state index in [1.54, 1.807) is 35.2 Å². The van der Waals surface area contributed by atoms with Gasteiger partial charge in [-0.1, -0.05) is 36.4 Å². The van der Waals surface area contributed by atoms with Crippen molar-refractivity contribution >= 4 is 33.1 Å². The summed E-state index contributed by atoms with van der Waals surface area (Å²) < 4.78 is 45.1. The van der Waals surface area contributed by atoms with Crippen LogP contribution in [0.25, 0.3) is 11.1 Å². The molecule has 0 fully saturated rings. The average Bonchev–Trinajstić information content (AvgIpc) is 3.27. The normalized spacial score (nSPS) is 15.5. The molecule has 0 aliphatic carbocycles. The molecular formula is C25H21FN4O3S. The molecule has 0 bridgehead atoms. The number of fused-ring (bicyclic) bond motifs is 1. The molecule has 7 nitrogen and oxygen atoms in total. The van der Waals surface area contributed by atoms with Gasteiger partial charge in [-0.3, -0.25) is 10.1 Å². The summed E-state index contributed by atoms with van der Waals surface area (Å²) in [7, 11) is -3.45. The Balaban J connectivity index is 1.55. The molecule has 0 saturated heterocycles. The van der Waals surface area contributed by atoms with Gasteiger partial charge in [-0.25, -0.2) is 12.8 Å². The Labute approximate surface area is 196 Å². The Hall–Kier alpha value is -4.11. The van der Waals surface area contributed by atoms with Crippen LogP contribution in [0.5, 0.6) is 0 Å². The molecule has 0 radical (unpaired) electrons. The van der Waals surface area contributed by atoms with Gasteiger partial charge >= 0.3 is 0 Å². The minimum atomic E-state index is -3.45. The molecule has 0 saturated carbocycles. The second-order valence-electron chi connectivity index (χ2n) is 7.99. The Morgan fingerprint density at radius 2 is 1.76 bits per heavy atom. The smallest absolute Gasteiger partial charge is 0.229 e. The molecule has 1 aliphatic heterocycles. The number of nitrogens with one attached hydrogen (secondary N) is 3. The number of sulfonamides is 1. The largest absolute Gasteiger partial charge is 0.448 e. The van der Waals surface area contributed by atoms with Gasteiger partial charge in [0.2, 0.25) is 15.9 Å². The number of benzene rings is 3. The van der Waals surface area contributed by atoms with Crippen molar-refractivity contribution in [3.63, 3.8) is 0 Å². The molecule has 3 N–H and O–H groups in total. The standard InChI is InChI=1S/C25H21FN4O3S/c1-34(31,32)29-20-7-3-5-18(15-20)24-28-25-22(12-13-33-25)23(27)30(24)21-10-8-16(9-11-21)17-4-2-6-19(26)14-17/h2-15,24,27-29H,1H3. The van der Waals surface area contributed by atoms with Crippen molar-refractivity contribution in [2.24, 2.45) is 0 Å². The summed E-state index contributed by atoms with van der Waals surface area (Å²) >= 11 is 0. The molecule has 0 spiro atoms. The third-order valence-electron chi connectivity index (χ3n) is 5.50. The lowest BCUT2D eigenvalue weighted by Crippen LogP contribution is -2.42. The molecule has 1 unspecified atom stereocenters. The average molecular weight is 477 g/mol. The highest BCUT2D eigenvalue weighted by Crippen LogP contribution is 2.38. The first-order valence-electron chi connectivity index (χ1n) is 10.4. The van der Waals surface area contributed by atoms with Crippen molar-refractivity contribution in [3.8, 4) is 11.1 Å². The fraction of sp³-hybridized carbons (Fsp3) is 0.0800. The lowest BCUT2D eigenvalue weighted by molar-refractivity contribution is 0.564. The Morgan fingerprint density at radius 1 is 1.00 bits per heavy atom. The van der Waals surface area contributed by atoms with Crippen molar-refractivity contribution in [2.45, 2.75) is 6.17 Å². The quantitative estimate of drug-likeness (QED) is 0.358. The van der Waals surface area contributed by atoms with E-state index >= 15 is 0 Å². The summed E-state index contributed by atoms with van der Waals surface area (Å²) in [6.45, 7) is 0. The van der Waals surface area contributed by atoms with Gasteiger partial charge in [0.05, 0.1) is 18.1 Å². The van der Waals surface area contributed by atoms with Crippen LogP contribution in [0.3, 0.4) is 0 Å². The first-order chi connectivity index (χ1) is 16.3. The van der Waals surface area contributed by atoms with Crippen LogP contribution in [0, 0.1) is 11.2 Å². The van der Waals surface area contributed by atoms with Gasteiger partial charge < -0.3 is 14.6 Å². The number of amidine groups is 1. The van der Waals surface area contributed by atoms with Crippen molar-refractivity contribution < 1.29 is 17.2 Å². The van der Waals surface area contributed by atoms with Crippen molar-refractivity contribution in [1.82, 2.24) is 0 Å². The number of nitrogens with zero attached hydrogens (tertiary/aromatic N) is 1. The zero-order valence-electron chi connectivity index (χ0n) is 18.1. The van der Waals surface area contributed by atoms with E-state index in [0.717, 1.165) is 28.6 Å². The zero-order valence-corrected chi connectivity index (χ0v) is 18.9. The number of hydrogen-bond acceptors (Lipinski definition) is 5. The summed E-state index contributed by atoms with van der Waals surface area (Å²) in [5.74, 6) is 0.385. The molecule has 172 valence electrons. The van der Waals surface area contributed by atoms with E-state index in [-0.39, 0.29) is 11.7 Å². The molecule has 1 atom stereocenters. The van der Waals surface area contributed by atoms with Gasteiger partial charge in [-0.15, -0.1) is 0 Å². The molecular weight excluding hydrogens is 455 g/mol. The summed E-state index contributed by atoms with van der Waals surface area (Å²) in [5.41, 5.74) is 4.09. The van der Waals surface area contributed by atoms with Crippen molar-refractivity contribution in [3.05, 3.63) is 102 Å². The van der Waals surface area contributed by atoms with Crippen LogP contribution in [0.2, 0.25) is 0 Å². The maximum atomic E-state index is 13.7. The predicted molar refractivity (Wildman–Crippen MR) is 131 cm³/mol. The van der Waals surface area contributed by atoms with Crippen LogP contribution >= 0.6 is 0 Å². The van der Waals surface area contributed by atoms with E-state index in [2.05, 4.69) is 10.0 Å². The van der Waals surface area contributed by atoms with Gasteiger partial charge in [-0.05, 0) is 59.2 Å². The first kappa shape index (κ1) is 21.7. The third-order valence-corrected chi connectivity index (χ3v) is 6.10. The number of hydrogen-bond donors (Lipinski definition) is 3. The molecule has 5 rings (SSSR count). The molecule has 0 amide bonds. The van der Waals surface area contributed by atoms with Crippen molar-refractivity contribution in [1.29, 1.82) is 5.41 Å². The SMILES string of the molecule is CS(=O)(=O)Nc1cccc(C2Nc3occc3C(=N)N2c2ccc(-c3cccc(F)c3)cc2)c1. The molecule has 3 aromatic carbocycles. The highest BCUT2D eigenvalue weighted by molar-refractivity contribution is 7.92. The third kappa shape index (κ3) is 4.25. The molecule has 1 aliphatic rings. The van der Waals surface area contributed by atoms with Crippen LogP contribution in [0.4, 0.5) is 21.6 Å². The zero-order chi connectivity index (χ0) is 23.9. The molecule has 4 aromatic rings. The summed E-state index contributed by atoms with van der Waals surface area (Å²) in [4.78, 5) is 1.80. The van der Waals surface area contributed by atoms with Gasteiger partial charge in [0.15, 0.2) is 0 Å². The van der Waals surface area contributed by atoms with Gasteiger partial charge in [0, 0.05) is 11.4 Å². The highest BCUT2D eigenvalue weighted by atomic mass is 32.2. The Kier molecular flexibility index (Phi) is 5.33. The maximum absolute atomic E-state index is 13.7. The fourth-order valence-corrected chi connectivity index (χ4v) is 4.59. The lowest BCUT2D eigenvalue weighted by atomic mass is 10.0. The van der Waals surface area contributed by atoms with Crippen LogP contribution in [-0.4, -0.2) is 20.5 Å². The minimum absolute atomic E-state index is 0.229. The van der Waals surface area contributed by atoms with E-state index in [1.165, 1.54) is 18.4 Å². The number of halogens is 1. The van der Waals surface area contributed by atoms with Crippen LogP contribution in [0.1, 0.15) is 17.3 Å². The monoisotopic (exact) mass is 476 g/mol. The molecule has 34 heavy (non-hydrogen) atoms. The van der Waals surface area contributed by atoms with E-state index in [1.807, 2.05) is 36.4 Å². The summed E-state index contributed by atoms with van der Waals surface area (Å²) in [6, 6.07) is 22.6. The molecule has 1 aromatic heterocycles. The Bertz CT molecular complexity index is 1480. The van der Waals surface area contributed by atoms with E-state index in [9.17, 15) is 12.8 Å². The topological polar surface area (TPSA) is 98.4 Å². The number of anilines is 3. The van der Waals surface area contributed by atoms with Crippen molar-refractivity contribution in [2.75, 3.05) is 21.2 Å². The summed E-state index contributed by atoms with van der Waals surface area (Å²) in [5, 5.41) is 12.2. The summed E-state index contributed by atoms with van der Waals surface area (Å²) in [6.07, 6.45) is 2.07. The van der Waals surface area contributed by atoms with E-state index in [4.69, 9.17) is 9.83 Å². The van der Waals surface area contributed by atoms with E-state index in [0.29, 0.717) is 17.1 Å². The Morgan fingerprint density at radius 3 is 2.50 bits per heavy atom. The lowest BCUT2D eigenvalue weighted by Gasteiger charge is -2.38. The second kappa shape index (κ2) is 8.35.